The van der Waals surface area contributed by atoms with Crippen molar-refractivity contribution in [2.75, 3.05) is 45.9 Å². The van der Waals surface area contributed by atoms with Crippen LogP contribution in [0.1, 0.15) is 50.8 Å². The Morgan fingerprint density at radius 2 is 1.84 bits per heavy atom. The number of carbonyl (C=O) groups excluding carboxylic acids is 3. The highest BCUT2D eigenvalue weighted by Gasteiger charge is 2.41. The molecule has 3 heterocycles. The van der Waals surface area contributed by atoms with Crippen LogP contribution in [0.2, 0.25) is 0 Å². The number of hydrogen-bond acceptors (Lipinski definition) is 7. The van der Waals surface area contributed by atoms with Crippen molar-refractivity contribution in [1.29, 1.82) is 0 Å². The minimum atomic E-state index is -0.665. The average molecular weight is 531 g/mol. The van der Waals surface area contributed by atoms with Gasteiger partial charge in [0.15, 0.2) is 5.01 Å². The van der Waals surface area contributed by atoms with Gasteiger partial charge < -0.3 is 24.2 Å². The Hall–Kier alpha value is -2.72. The molecule has 0 aliphatic carbocycles. The molecule has 2 atom stereocenters. The number of nitrogens with zero attached hydrogens (tertiary/aromatic N) is 4. The number of amides is 3. The van der Waals surface area contributed by atoms with E-state index in [1.54, 1.807) is 4.90 Å². The Morgan fingerprint density at radius 3 is 2.49 bits per heavy atom. The van der Waals surface area contributed by atoms with Gasteiger partial charge in [-0.2, -0.15) is 0 Å². The number of rotatable bonds is 5. The smallest absolute Gasteiger partial charge is 0.410 e. The summed E-state index contributed by atoms with van der Waals surface area (Å²) in [5.41, 5.74) is 0.127. The van der Waals surface area contributed by atoms with Crippen molar-refractivity contribution in [2.45, 2.75) is 52.7 Å². The lowest BCUT2D eigenvalue weighted by atomic mass is 9.91. The van der Waals surface area contributed by atoms with Gasteiger partial charge in [0.05, 0.1) is 35.4 Å². The summed E-state index contributed by atoms with van der Waals surface area (Å²) in [7, 11) is 0. The highest BCUT2D eigenvalue weighted by atomic mass is 32.1. The molecule has 202 valence electrons. The standard InChI is InChI=1S/C27H38N4O5S/c1-18(2)15-31(25(33)23-28-21-8-6-7-9-22(21)37-23)20-14-19(24(32)29-10-12-35-13-11-29)16-30(17-20)26(34)36-27(3,4)5/h6-9,18-20H,10-17H2,1-5H3/t19-,20+/m1/s1. The predicted molar refractivity (Wildman–Crippen MR) is 143 cm³/mol. The molecule has 37 heavy (non-hydrogen) atoms. The van der Waals surface area contributed by atoms with Crippen LogP contribution in [0.5, 0.6) is 0 Å². The zero-order chi connectivity index (χ0) is 26.7. The summed E-state index contributed by atoms with van der Waals surface area (Å²) in [6.45, 7) is 12.8. The van der Waals surface area contributed by atoms with E-state index in [-0.39, 0.29) is 30.3 Å². The van der Waals surface area contributed by atoms with Crippen LogP contribution in [0.4, 0.5) is 4.79 Å². The second-order valence-electron chi connectivity index (χ2n) is 11.2. The average Bonchev–Trinajstić information content (AvgIpc) is 3.30. The molecule has 0 unspecified atom stereocenters. The summed E-state index contributed by atoms with van der Waals surface area (Å²) in [6.07, 6.45) is 0.0210. The van der Waals surface area contributed by atoms with E-state index in [9.17, 15) is 14.4 Å². The van der Waals surface area contributed by atoms with E-state index in [0.29, 0.717) is 50.8 Å². The number of ether oxygens (including phenoxy) is 2. The van der Waals surface area contributed by atoms with Crippen molar-refractivity contribution in [3.63, 3.8) is 0 Å². The number of likely N-dealkylation sites (tertiary alicyclic amines) is 1. The van der Waals surface area contributed by atoms with Crippen molar-refractivity contribution in [2.24, 2.45) is 11.8 Å². The third kappa shape index (κ3) is 6.78. The van der Waals surface area contributed by atoms with Crippen LogP contribution in [-0.2, 0) is 14.3 Å². The highest BCUT2D eigenvalue weighted by molar-refractivity contribution is 7.20. The third-order valence-electron chi connectivity index (χ3n) is 6.49. The largest absolute Gasteiger partial charge is 0.444 e. The Morgan fingerprint density at radius 1 is 1.14 bits per heavy atom. The number of hydrogen-bond donors (Lipinski definition) is 0. The van der Waals surface area contributed by atoms with Crippen molar-refractivity contribution < 1.29 is 23.9 Å². The Labute approximate surface area is 222 Å². The second kappa shape index (κ2) is 11.3. The molecule has 0 N–H and O–H groups in total. The second-order valence-corrected chi connectivity index (χ2v) is 12.3. The van der Waals surface area contributed by atoms with Gasteiger partial charge in [-0.3, -0.25) is 9.59 Å². The summed E-state index contributed by atoms with van der Waals surface area (Å²) in [5, 5.41) is 0.423. The maximum atomic E-state index is 13.9. The molecule has 2 aliphatic rings. The number of benzene rings is 1. The van der Waals surface area contributed by atoms with Gasteiger partial charge in [-0.25, -0.2) is 9.78 Å². The molecule has 4 rings (SSSR count). The lowest BCUT2D eigenvalue weighted by Gasteiger charge is -2.44. The number of fused-ring (bicyclic) bond motifs is 1. The normalized spacial score (nSPS) is 20.8. The number of aromatic nitrogens is 1. The summed E-state index contributed by atoms with van der Waals surface area (Å²) < 4.78 is 12.0. The lowest BCUT2D eigenvalue weighted by Crippen LogP contribution is -2.58. The van der Waals surface area contributed by atoms with Crippen LogP contribution in [0, 0.1) is 11.8 Å². The zero-order valence-electron chi connectivity index (χ0n) is 22.4. The monoisotopic (exact) mass is 530 g/mol. The van der Waals surface area contributed by atoms with Crippen molar-refractivity contribution in [3.8, 4) is 0 Å². The van der Waals surface area contributed by atoms with Crippen LogP contribution in [-0.4, -0.2) is 95.2 Å². The first-order valence-electron chi connectivity index (χ1n) is 13.0. The number of carbonyl (C=O) groups is 3. The molecule has 3 amide bonds. The first kappa shape index (κ1) is 27.3. The fraction of sp³-hybridized carbons (Fsp3) is 0.630. The molecule has 2 aliphatic heterocycles. The molecule has 2 aromatic rings. The van der Waals surface area contributed by atoms with Crippen LogP contribution in [0.3, 0.4) is 0 Å². The molecular weight excluding hydrogens is 492 g/mol. The Balaban J connectivity index is 1.63. The van der Waals surface area contributed by atoms with Gasteiger partial charge in [-0.1, -0.05) is 26.0 Å². The SMILES string of the molecule is CC(C)CN(C(=O)c1nc2ccccc2s1)[C@H]1C[C@@H](C(=O)N2CCOCC2)CN(C(=O)OC(C)(C)C)C1. The van der Waals surface area contributed by atoms with Crippen molar-refractivity contribution in [3.05, 3.63) is 29.3 Å². The molecule has 2 saturated heterocycles. The topological polar surface area (TPSA) is 92.3 Å². The number of thiazole rings is 1. The molecule has 1 aromatic carbocycles. The van der Waals surface area contributed by atoms with E-state index in [0.717, 1.165) is 10.2 Å². The van der Waals surface area contributed by atoms with Gasteiger partial charge in [0.2, 0.25) is 5.91 Å². The fourth-order valence-corrected chi connectivity index (χ4v) is 5.79. The number of piperidine rings is 1. The molecule has 9 nitrogen and oxygen atoms in total. The minimum absolute atomic E-state index is 0.00140. The van der Waals surface area contributed by atoms with E-state index in [4.69, 9.17) is 9.47 Å². The van der Waals surface area contributed by atoms with Gasteiger partial charge in [0, 0.05) is 32.7 Å². The minimum Gasteiger partial charge on any atom is -0.444 e. The predicted octanol–water partition coefficient (Wildman–Crippen LogP) is 3.88. The van der Waals surface area contributed by atoms with Gasteiger partial charge in [0.25, 0.3) is 5.91 Å². The van der Waals surface area contributed by atoms with E-state index >= 15 is 0 Å². The molecule has 0 spiro atoms. The van der Waals surface area contributed by atoms with Crippen LogP contribution < -0.4 is 0 Å². The quantitative estimate of drug-likeness (QED) is 0.583. The summed E-state index contributed by atoms with van der Waals surface area (Å²) >= 11 is 1.37. The van der Waals surface area contributed by atoms with Crippen molar-refractivity contribution >= 4 is 39.5 Å². The van der Waals surface area contributed by atoms with Gasteiger partial charge in [-0.05, 0) is 45.2 Å². The van der Waals surface area contributed by atoms with Crippen molar-refractivity contribution in [1.82, 2.24) is 19.7 Å². The number of para-hydroxylation sites is 1. The highest BCUT2D eigenvalue weighted by Crippen LogP contribution is 2.29. The molecule has 2 fully saturated rings. The van der Waals surface area contributed by atoms with Gasteiger partial charge in [0.1, 0.15) is 5.60 Å². The van der Waals surface area contributed by atoms with E-state index in [1.807, 2.05) is 54.8 Å². The van der Waals surface area contributed by atoms with E-state index in [2.05, 4.69) is 18.8 Å². The fourth-order valence-electron chi connectivity index (χ4n) is 4.87. The van der Waals surface area contributed by atoms with Crippen LogP contribution >= 0.6 is 11.3 Å². The third-order valence-corrected chi connectivity index (χ3v) is 7.52. The summed E-state index contributed by atoms with van der Waals surface area (Å²) in [6, 6.07) is 7.36. The Kier molecular flexibility index (Phi) is 8.38. The van der Waals surface area contributed by atoms with E-state index in [1.165, 1.54) is 11.3 Å². The maximum absolute atomic E-state index is 13.9. The van der Waals surface area contributed by atoms with Crippen LogP contribution in [0.15, 0.2) is 24.3 Å². The zero-order valence-corrected chi connectivity index (χ0v) is 23.3. The first-order chi connectivity index (χ1) is 17.5. The summed E-state index contributed by atoms with van der Waals surface area (Å²) in [5.74, 6) is -0.396. The van der Waals surface area contributed by atoms with Gasteiger partial charge >= 0.3 is 6.09 Å². The first-order valence-corrected chi connectivity index (χ1v) is 13.8. The molecule has 0 bridgehead atoms. The van der Waals surface area contributed by atoms with E-state index < -0.39 is 17.6 Å². The molecule has 10 heteroatoms. The molecule has 0 radical (unpaired) electrons. The number of morpholine rings is 1. The van der Waals surface area contributed by atoms with Crippen LogP contribution in [0.25, 0.3) is 10.2 Å². The molecule has 1 aromatic heterocycles. The molecular formula is C27H38N4O5S. The summed E-state index contributed by atoms with van der Waals surface area (Å²) in [4.78, 5) is 50.4. The van der Waals surface area contributed by atoms with Gasteiger partial charge in [-0.15, -0.1) is 11.3 Å². The Bertz CT molecular complexity index is 1090. The lowest BCUT2D eigenvalue weighted by molar-refractivity contribution is -0.142. The maximum Gasteiger partial charge on any atom is 0.410 e. The molecule has 0 saturated carbocycles.